The molecule has 186 valence electrons. The molecule has 2 N–H and O–H groups in total. The zero-order chi connectivity index (χ0) is 25.4. The van der Waals surface area contributed by atoms with Crippen LogP contribution >= 0.6 is 11.3 Å². The summed E-state index contributed by atoms with van der Waals surface area (Å²) in [6.07, 6.45) is -1.55. The molecule has 1 atom stereocenters. The van der Waals surface area contributed by atoms with Crippen molar-refractivity contribution in [3.8, 4) is 11.3 Å². The minimum atomic E-state index is -4.70. The molecule has 35 heavy (non-hydrogen) atoms. The van der Waals surface area contributed by atoms with Crippen molar-refractivity contribution < 1.29 is 30.8 Å². The van der Waals surface area contributed by atoms with Crippen LogP contribution in [0.2, 0.25) is 0 Å². The topological polar surface area (TPSA) is 114 Å². The third kappa shape index (κ3) is 5.75. The molecule has 0 radical (unpaired) electrons. The highest BCUT2D eigenvalue weighted by Gasteiger charge is 2.36. The third-order valence-electron chi connectivity index (χ3n) is 5.24. The number of hydrogen-bond acceptors (Lipinski definition) is 7. The summed E-state index contributed by atoms with van der Waals surface area (Å²) in [5.41, 5.74) is -1.17. The molecule has 2 heterocycles. The molecule has 1 aromatic carbocycles. The van der Waals surface area contributed by atoms with Crippen molar-refractivity contribution in [1.29, 1.82) is 0 Å². The number of carbonyl (C=O) groups excluding carboxylic acids is 1. The minimum Gasteiger partial charge on any atom is -0.323 e. The van der Waals surface area contributed by atoms with Gasteiger partial charge in [-0.15, -0.1) is 11.3 Å². The van der Waals surface area contributed by atoms with Crippen molar-refractivity contribution >= 4 is 38.1 Å². The van der Waals surface area contributed by atoms with E-state index in [1.807, 2.05) is 0 Å². The Bertz CT molecular complexity index is 1360. The molecule has 0 bridgehead atoms. The summed E-state index contributed by atoms with van der Waals surface area (Å²) in [6, 6.07) is 3.49. The number of alkyl halides is 3. The van der Waals surface area contributed by atoms with E-state index in [2.05, 4.69) is 25.0 Å². The van der Waals surface area contributed by atoms with Gasteiger partial charge < -0.3 is 5.32 Å². The first-order chi connectivity index (χ1) is 16.5. The number of amides is 1. The first-order valence-electron chi connectivity index (χ1n) is 10.4. The fourth-order valence-corrected chi connectivity index (χ4v) is 5.60. The summed E-state index contributed by atoms with van der Waals surface area (Å²) in [4.78, 5) is 24.0. The number of sulfonamides is 1. The summed E-state index contributed by atoms with van der Waals surface area (Å²) in [5.74, 6) is -2.22. The summed E-state index contributed by atoms with van der Waals surface area (Å²) in [6.45, 7) is 1.73. The van der Waals surface area contributed by atoms with E-state index in [1.54, 1.807) is 12.3 Å². The van der Waals surface area contributed by atoms with Crippen LogP contribution in [0.4, 0.5) is 28.4 Å². The maximum atomic E-state index is 14.7. The summed E-state index contributed by atoms with van der Waals surface area (Å²) in [5, 5.41) is 3.74. The summed E-state index contributed by atoms with van der Waals surface area (Å²) in [7, 11) is -3.50. The lowest BCUT2D eigenvalue weighted by Gasteiger charge is -2.14. The molecule has 0 aliphatic heterocycles. The van der Waals surface area contributed by atoms with Crippen LogP contribution in [0.25, 0.3) is 11.3 Å². The zero-order valence-electron chi connectivity index (χ0n) is 18.1. The number of hydrogen-bond donors (Lipinski definition) is 2. The second-order valence-corrected chi connectivity index (χ2v) is 10.7. The van der Waals surface area contributed by atoms with Crippen molar-refractivity contribution in [2.24, 2.45) is 0 Å². The number of nitrogens with zero attached hydrogens (tertiary/aromatic N) is 3. The van der Waals surface area contributed by atoms with Gasteiger partial charge >= 0.3 is 6.18 Å². The second kappa shape index (κ2) is 9.49. The van der Waals surface area contributed by atoms with E-state index in [0.29, 0.717) is 31.2 Å². The highest BCUT2D eigenvalue weighted by Crippen LogP contribution is 2.33. The molecule has 1 fully saturated rings. The number of carbonyl (C=O) groups is 1. The van der Waals surface area contributed by atoms with Crippen LogP contribution in [0, 0.1) is 5.82 Å². The lowest BCUT2D eigenvalue weighted by molar-refractivity contribution is -0.141. The minimum absolute atomic E-state index is 0.0539. The van der Waals surface area contributed by atoms with E-state index in [0.717, 1.165) is 23.6 Å². The third-order valence-corrected chi connectivity index (χ3v) is 7.98. The van der Waals surface area contributed by atoms with Gasteiger partial charge in [0.2, 0.25) is 15.9 Å². The van der Waals surface area contributed by atoms with Crippen molar-refractivity contribution in [3.63, 3.8) is 0 Å². The molecule has 1 aliphatic rings. The monoisotopic (exact) mass is 529 g/mol. The van der Waals surface area contributed by atoms with Gasteiger partial charge in [0.25, 0.3) is 0 Å². The summed E-state index contributed by atoms with van der Waals surface area (Å²) < 4.78 is 79.9. The van der Waals surface area contributed by atoms with Gasteiger partial charge in [0.1, 0.15) is 5.82 Å². The number of thiazole rings is 1. The maximum Gasteiger partial charge on any atom is 0.434 e. The van der Waals surface area contributed by atoms with Crippen molar-refractivity contribution in [2.75, 3.05) is 10.0 Å². The van der Waals surface area contributed by atoms with Crippen molar-refractivity contribution in [2.45, 2.75) is 43.5 Å². The van der Waals surface area contributed by atoms with Gasteiger partial charge in [-0.2, -0.15) is 13.2 Å². The highest BCUT2D eigenvalue weighted by atomic mass is 32.2. The average molecular weight is 530 g/mol. The van der Waals surface area contributed by atoms with Crippen LogP contribution in [-0.4, -0.2) is 34.5 Å². The molecule has 2 aromatic heterocycles. The number of anilines is 2. The van der Waals surface area contributed by atoms with Crippen molar-refractivity contribution in [3.05, 3.63) is 53.2 Å². The quantitative estimate of drug-likeness (QED) is 0.406. The van der Waals surface area contributed by atoms with Gasteiger partial charge in [-0.3, -0.25) is 14.5 Å². The van der Waals surface area contributed by atoms with E-state index in [1.165, 1.54) is 12.1 Å². The molecule has 1 saturated carbocycles. The van der Waals surface area contributed by atoms with Gasteiger partial charge in [-0.05, 0) is 31.4 Å². The van der Waals surface area contributed by atoms with Crippen LogP contribution in [0.15, 0.2) is 36.0 Å². The van der Waals surface area contributed by atoms with Crippen LogP contribution in [-0.2, 0) is 21.0 Å². The maximum absolute atomic E-state index is 14.7. The fourth-order valence-electron chi connectivity index (χ4n) is 3.24. The normalized spacial score (nSPS) is 15.0. The molecule has 1 amide bonds. The summed E-state index contributed by atoms with van der Waals surface area (Å²) >= 11 is 1.05. The molecule has 14 heteroatoms. The van der Waals surface area contributed by atoms with Gasteiger partial charge in [0.05, 0.1) is 40.6 Å². The molecular formula is C21H19F4N5O3S2. The Morgan fingerprint density at radius 3 is 2.60 bits per heavy atom. The first kappa shape index (κ1) is 25.0. The first-order valence-corrected chi connectivity index (χ1v) is 12.9. The predicted molar refractivity (Wildman–Crippen MR) is 122 cm³/mol. The van der Waals surface area contributed by atoms with E-state index < -0.39 is 44.8 Å². The molecule has 4 rings (SSSR count). The molecule has 3 aromatic rings. The Labute approximate surface area is 201 Å². The standard InChI is InChI=1S/C21H19F4N5O3S2/c1-2-13(17-10-34-20(29-17)30-35(32,33)12-4-5-12)19(31)28-15-6-3-11(7-14(15)22)16-8-26-9-18(27-16)21(23,24)25/h3,6-10,12-13H,2,4-5H2,1H3,(H,28,31)(H,29,30). The van der Waals surface area contributed by atoms with Gasteiger partial charge in [-0.25, -0.2) is 22.8 Å². The molecule has 0 spiro atoms. The zero-order valence-corrected chi connectivity index (χ0v) is 19.8. The Balaban J connectivity index is 1.48. The van der Waals surface area contributed by atoms with Crippen LogP contribution in [0.1, 0.15) is 43.5 Å². The van der Waals surface area contributed by atoms with E-state index in [4.69, 9.17) is 0 Å². The molecular weight excluding hydrogens is 510 g/mol. The number of rotatable bonds is 8. The number of nitrogens with one attached hydrogen (secondary N) is 2. The SMILES string of the molecule is CCC(C(=O)Nc1ccc(-c2cncc(C(F)(F)F)n2)cc1F)c1csc(NS(=O)(=O)C2CC2)n1. The Morgan fingerprint density at radius 1 is 1.23 bits per heavy atom. The van der Waals surface area contributed by atoms with Crippen LogP contribution in [0.3, 0.4) is 0 Å². The largest absolute Gasteiger partial charge is 0.434 e. The second-order valence-electron chi connectivity index (χ2n) is 7.86. The smallest absolute Gasteiger partial charge is 0.323 e. The molecule has 8 nitrogen and oxygen atoms in total. The molecule has 1 unspecified atom stereocenters. The number of aromatic nitrogens is 3. The highest BCUT2D eigenvalue weighted by molar-refractivity contribution is 7.93. The van der Waals surface area contributed by atoms with E-state index >= 15 is 0 Å². The van der Waals surface area contributed by atoms with Gasteiger partial charge in [0.15, 0.2) is 10.8 Å². The lowest BCUT2D eigenvalue weighted by atomic mass is 10.0. The predicted octanol–water partition coefficient (Wildman–Crippen LogP) is 4.79. The number of benzene rings is 1. The molecule has 0 saturated heterocycles. The van der Waals surface area contributed by atoms with Crippen molar-refractivity contribution in [1.82, 2.24) is 15.0 Å². The fraction of sp³-hybridized carbons (Fsp3) is 0.333. The lowest BCUT2D eigenvalue weighted by Crippen LogP contribution is -2.22. The number of halogens is 4. The molecule has 1 aliphatic carbocycles. The average Bonchev–Trinajstić information content (AvgIpc) is 3.57. The van der Waals surface area contributed by atoms with Gasteiger partial charge in [-0.1, -0.05) is 13.0 Å². The van der Waals surface area contributed by atoms with E-state index in [9.17, 15) is 30.8 Å². The Hall–Kier alpha value is -3.13. The van der Waals surface area contributed by atoms with Gasteiger partial charge in [0, 0.05) is 10.9 Å². The Morgan fingerprint density at radius 2 is 1.97 bits per heavy atom. The van der Waals surface area contributed by atoms with Crippen LogP contribution < -0.4 is 10.0 Å². The van der Waals surface area contributed by atoms with E-state index in [-0.39, 0.29) is 22.1 Å². The van der Waals surface area contributed by atoms with Crippen LogP contribution in [0.5, 0.6) is 0 Å². The Kier molecular flexibility index (Phi) is 6.77.